The predicted octanol–water partition coefficient (Wildman–Crippen LogP) is 6.58. The zero-order valence-corrected chi connectivity index (χ0v) is 23.7. The molecule has 0 bridgehead atoms. The van der Waals surface area contributed by atoms with Crippen molar-refractivity contribution < 1.29 is 28.2 Å². The first-order valence-electron chi connectivity index (χ1n) is 13.5. The number of ether oxygens (including phenoxy) is 4. The number of oxazole rings is 1. The molecule has 9 heteroatoms. The molecule has 214 valence electrons. The number of aromatic nitrogens is 3. The summed E-state index contributed by atoms with van der Waals surface area (Å²) in [5, 5.41) is 4.59. The number of para-hydroxylation sites is 1. The third kappa shape index (κ3) is 6.87. The maximum absolute atomic E-state index is 11.9. The summed E-state index contributed by atoms with van der Waals surface area (Å²) in [6.45, 7) is 4.36. The lowest BCUT2D eigenvalue weighted by molar-refractivity contribution is -0.137. The highest BCUT2D eigenvalue weighted by molar-refractivity contribution is 5.87. The van der Waals surface area contributed by atoms with E-state index in [1.165, 1.54) is 6.08 Å². The van der Waals surface area contributed by atoms with E-state index < -0.39 is 5.97 Å². The van der Waals surface area contributed by atoms with Crippen LogP contribution in [0.25, 0.3) is 23.2 Å². The van der Waals surface area contributed by atoms with Gasteiger partial charge >= 0.3 is 5.97 Å². The number of nitrogens with zero attached hydrogens (tertiary/aromatic N) is 3. The zero-order chi connectivity index (χ0) is 29.3. The molecular weight excluding hydrogens is 534 g/mol. The summed E-state index contributed by atoms with van der Waals surface area (Å²) in [6.07, 6.45) is 4.79. The molecule has 0 saturated heterocycles. The largest absolute Gasteiger partial charge is 0.493 e. The highest BCUT2D eigenvalue weighted by Gasteiger charge is 2.15. The Bertz CT molecular complexity index is 1660. The number of rotatable bonds is 12. The van der Waals surface area contributed by atoms with Gasteiger partial charge in [-0.1, -0.05) is 42.5 Å². The minimum absolute atomic E-state index is 0.214. The summed E-state index contributed by atoms with van der Waals surface area (Å²) in [6, 6.07) is 24.9. The zero-order valence-electron chi connectivity index (χ0n) is 23.7. The van der Waals surface area contributed by atoms with Crippen molar-refractivity contribution in [2.24, 2.45) is 0 Å². The van der Waals surface area contributed by atoms with Crippen LogP contribution in [0.2, 0.25) is 0 Å². The standard InChI is InChI=1S/C33H31N3O6/c1-4-39-31(37)18-16-26-20-36(27-13-9-6-10-14-27)35-33(26)41-21-24-15-17-29(30(19-24)38-3)40-22-28-23(2)42-32(34-28)25-11-7-5-8-12-25/h5-20H,4,21-22H2,1-3H3/b18-16+. The molecule has 2 aromatic heterocycles. The molecule has 9 nitrogen and oxygen atoms in total. The lowest BCUT2D eigenvalue weighted by Crippen LogP contribution is -2.02. The van der Waals surface area contributed by atoms with Gasteiger partial charge in [-0.3, -0.25) is 0 Å². The Morgan fingerprint density at radius 1 is 0.952 bits per heavy atom. The van der Waals surface area contributed by atoms with Crippen molar-refractivity contribution in [1.82, 2.24) is 14.8 Å². The van der Waals surface area contributed by atoms with E-state index in [2.05, 4.69) is 10.1 Å². The van der Waals surface area contributed by atoms with Crippen LogP contribution in [0, 0.1) is 6.92 Å². The van der Waals surface area contributed by atoms with Crippen LogP contribution in [0.5, 0.6) is 17.4 Å². The Hall–Kier alpha value is -5.31. The fraction of sp³-hybridized carbons (Fsp3) is 0.182. The lowest BCUT2D eigenvalue weighted by Gasteiger charge is -2.12. The Morgan fingerprint density at radius 2 is 1.71 bits per heavy atom. The second-order valence-electron chi connectivity index (χ2n) is 9.21. The van der Waals surface area contributed by atoms with Gasteiger partial charge in [0.05, 0.1) is 25.0 Å². The van der Waals surface area contributed by atoms with Gasteiger partial charge < -0.3 is 23.4 Å². The Morgan fingerprint density at radius 3 is 2.45 bits per heavy atom. The van der Waals surface area contributed by atoms with Crippen molar-refractivity contribution in [1.29, 1.82) is 0 Å². The number of methoxy groups -OCH3 is 1. The molecule has 0 amide bonds. The van der Waals surface area contributed by atoms with E-state index in [-0.39, 0.29) is 13.2 Å². The molecule has 0 fully saturated rings. The first-order valence-corrected chi connectivity index (χ1v) is 13.5. The summed E-state index contributed by atoms with van der Waals surface area (Å²) in [5.41, 5.74) is 3.96. The Labute approximate surface area is 243 Å². The SMILES string of the molecule is CCOC(=O)/C=C/c1cn(-c2ccccc2)nc1OCc1ccc(OCc2nc(-c3ccccc3)oc2C)c(OC)c1. The number of aryl methyl sites for hydroxylation is 1. The van der Waals surface area contributed by atoms with Crippen molar-refractivity contribution in [3.63, 3.8) is 0 Å². The molecule has 0 radical (unpaired) electrons. The van der Waals surface area contributed by atoms with Crippen LogP contribution in [-0.4, -0.2) is 34.5 Å². The maximum atomic E-state index is 11.9. The van der Waals surface area contributed by atoms with Gasteiger partial charge in [0, 0.05) is 17.8 Å². The molecule has 5 rings (SSSR count). The maximum Gasteiger partial charge on any atom is 0.330 e. The number of carbonyl (C=O) groups excluding carboxylic acids is 1. The van der Waals surface area contributed by atoms with E-state index in [0.717, 1.165) is 16.8 Å². The Balaban J connectivity index is 1.29. The van der Waals surface area contributed by atoms with Gasteiger partial charge in [0.25, 0.3) is 0 Å². The average Bonchev–Trinajstić information content (AvgIpc) is 3.62. The minimum atomic E-state index is -0.437. The van der Waals surface area contributed by atoms with Crippen LogP contribution in [-0.2, 0) is 22.7 Å². The van der Waals surface area contributed by atoms with E-state index in [1.54, 1.807) is 31.0 Å². The van der Waals surface area contributed by atoms with Gasteiger partial charge in [-0.05, 0) is 61.9 Å². The molecule has 0 unspecified atom stereocenters. The smallest absolute Gasteiger partial charge is 0.330 e. The van der Waals surface area contributed by atoms with Gasteiger partial charge in [-0.2, -0.15) is 0 Å². The molecule has 0 saturated carbocycles. The topological polar surface area (TPSA) is 97.8 Å². The van der Waals surface area contributed by atoms with Crippen molar-refractivity contribution in [2.75, 3.05) is 13.7 Å². The highest BCUT2D eigenvalue weighted by atomic mass is 16.5. The van der Waals surface area contributed by atoms with Gasteiger partial charge in [0.1, 0.15) is 24.7 Å². The molecule has 5 aromatic rings. The second-order valence-corrected chi connectivity index (χ2v) is 9.21. The first-order chi connectivity index (χ1) is 20.5. The molecule has 3 aromatic carbocycles. The van der Waals surface area contributed by atoms with Crippen LogP contribution < -0.4 is 14.2 Å². The summed E-state index contributed by atoms with van der Waals surface area (Å²) in [7, 11) is 1.58. The molecule has 0 aliphatic rings. The summed E-state index contributed by atoms with van der Waals surface area (Å²) >= 11 is 0. The fourth-order valence-electron chi connectivity index (χ4n) is 4.14. The quantitative estimate of drug-likeness (QED) is 0.124. The molecule has 0 spiro atoms. The van der Waals surface area contributed by atoms with Crippen molar-refractivity contribution in [2.45, 2.75) is 27.1 Å². The number of benzene rings is 3. The third-order valence-electron chi connectivity index (χ3n) is 6.29. The highest BCUT2D eigenvalue weighted by Crippen LogP contribution is 2.31. The van der Waals surface area contributed by atoms with E-state index in [9.17, 15) is 4.79 Å². The van der Waals surface area contributed by atoms with Crippen LogP contribution >= 0.6 is 0 Å². The molecule has 2 heterocycles. The van der Waals surface area contributed by atoms with Gasteiger partial charge in [-0.15, -0.1) is 5.10 Å². The predicted molar refractivity (Wildman–Crippen MR) is 158 cm³/mol. The van der Waals surface area contributed by atoms with Gasteiger partial charge in [0.15, 0.2) is 11.5 Å². The molecular formula is C33H31N3O6. The lowest BCUT2D eigenvalue weighted by atomic mass is 10.2. The minimum Gasteiger partial charge on any atom is -0.493 e. The average molecular weight is 566 g/mol. The van der Waals surface area contributed by atoms with Crippen molar-refractivity contribution in [3.8, 4) is 34.5 Å². The monoisotopic (exact) mass is 565 g/mol. The second kappa shape index (κ2) is 13.4. The third-order valence-corrected chi connectivity index (χ3v) is 6.29. The molecule has 0 atom stereocenters. The Kier molecular flexibility index (Phi) is 8.98. The first kappa shape index (κ1) is 28.2. The van der Waals surface area contributed by atoms with E-state index in [0.29, 0.717) is 46.9 Å². The summed E-state index contributed by atoms with van der Waals surface area (Å²) in [5.74, 6) is 2.30. The molecule has 0 N–H and O–H groups in total. The molecule has 42 heavy (non-hydrogen) atoms. The summed E-state index contributed by atoms with van der Waals surface area (Å²) < 4.78 is 30.3. The number of esters is 1. The van der Waals surface area contributed by atoms with Gasteiger partial charge in [-0.25, -0.2) is 14.5 Å². The number of hydrogen-bond donors (Lipinski definition) is 0. The van der Waals surface area contributed by atoms with Crippen molar-refractivity contribution >= 4 is 12.0 Å². The van der Waals surface area contributed by atoms with E-state index in [4.69, 9.17) is 23.4 Å². The van der Waals surface area contributed by atoms with E-state index in [1.807, 2.05) is 85.8 Å². The van der Waals surface area contributed by atoms with Crippen LogP contribution in [0.3, 0.4) is 0 Å². The normalized spacial score (nSPS) is 11.0. The summed E-state index contributed by atoms with van der Waals surface area (Å²) in [4.78, 5) is 16.5. The van der Waals surface area contributed by atoms with Crippen LogP contribution in [0.1, 0.15) is 29.5 Å². The van der Waals surface area contributed by atoms with Crippen molar-refractivity contribution in [3.05, 3.63) is 114 Å². The number of carbonyl (C=O) groups is 1. The van der Waals surface area contributed by atoms with Gasteiger partial charge in [0.2, 0.25) is 11.8 Å². The fourth-order valence-corrected chi connectivity index (χ4v) is 4.14. The van der Waals surface area contributed by atoms with Crippen LogP contribution in [0.15, 0.2) is 95.6 Å². The molecule has 0 aliphatic heterocycles. The number of hydrogen-bond acceptors (Lipinski definition) is 8. The van der Waals surface area contributed by atoms with E-state index >= 15 is 0 Å². The van der Waals surface area contributed by atoms with Crippen LogP contribution in [0.4, 0.5) is 0 Å². The molecule has 0 aliphatic carbocycles.